The number of primary amides is 1. The number of nitrogens with zero attached hydrogens (tertiary/aromatic N) is 1. The summed E-state index contributed by atoms with van der Waals surface area (Å²) in [6.45, 7) is 7.25. The van der Waals surface area contributed by atoms with E-state index in [9.17, 15) is 14.0 Å². The Balaban J connectivity index is 2.10. The molecule has 3 N–H and O–H groups in total. The average Bonchev–Trinajstić information content (AvgIpc) is 2.59. The van der Waals surface area contributed by atoms with Gasteiger partial charge in [0.05, 0.1) is 0 Å². The number of halogens is 1. The average molecular weight is 349 g/mol. The van der Waals surface area contributed by atoms with Gasteiger partial charge in [-0.15, -0.1) is 0 Å². The third-order valence-electron chi connectivity index (χ3n) is 4.93. The minimum atomic E-state index is -0.660. The van der Waals surface area contributed by atoms with Gasteiger partial charge in [0.25, 0.3) is 0 Å². The molecule has 1 saturated heterocycles. The van der Waals surface area contributed by atoms with Crippen LogP contribution in [0.25, 0.3) is 0 Å². The number of nitrogens with one attached hydrogen (secondary N) is 1. The topological polar surface area (TPSA) is 75.4 Å². The minimum absolute atomic E-state index is 0.0143. The van der Waals surface area contributed by atoms with E-state index < -0.39 is 11.9 Å². The highest BCUT2D eigenvalue weighted by molar-refractivity contribution is 5.81. The van der Waals surface area contributed by atoms with Gasteiger partial charge in [0.2, 0.25) is 11.8 Å². The van der Waals surface area contributed by atoms with Crippen LogP contribution in [-0.4, -0.2) is 35.8 Å². The zero-order valence-corrected chi connectivity index (χ0v) is 15.2. The van der Waals surface area contributed by atoms with E-state index in [1.54, 1.807) is 12.1 Å². The normalized spacial score (nSPS) is 22.0. The highest BCUT2D eigenvalue weighted by atomic mass is 19.1. The molecule has 0 unspecified atom stereocenters. The number of rotatable bonds is 6. The zero-order chi connectivity index (χ0) is 18.6. The summed E-state index contributed by atoms with van der Waals surface area (Å²) in [6, 6.07) is 5.24. The molecule has 2 rings (SSSR count). The number of carbonyl (C=O) groups is 2. The van der Waals surface area contributed by atoms with Gasteiger partial charge in [-0.1, -0.05) is 39.3 Å². The van der Waals surface area contributed by atoms with E-state index in [-0.39, 0.29) is 29.6 Å². The third-order valence-corrected chi connectivity index (χ3v) is 4.93. The maximum absolute atomic E-state index is 13.1. The van der Waals surface area contributed by atoms with E-state index in [2.05, 4.69) is 12.2 Å². The number of piperidine rings is 1. The molecule has 138 valence electrons. The molecule has 0 aliphatic carbocycles. The van der Waals surface area contributed by atoms with E-state index in [4.69, 9.17) is 5.73 Å². The van der Waals surface area contributed by atoms with Crippen LogP contribution in [0.1, 0.15) is 45.2 Å². The second-order valence-corrected chi connectivity index (χ2v) is 7.06. The lowest BCUT2D eigenvalue weighted by molar-refractivity contribution is -0.137. The van der Waals surface area contributed by atoms with Crippen molar-refractivity contribution in [3.8, 4) is 0 Å². The fourth-order valence-electron chi connectivity index (χ4n) is 3.44. The second kappa shape index (κ2) is 8.43. The Labute approximate surface area is 148 Å². The fraction of sp³-hybridized carbons (Fsp3) is 0.579. The van der Waals surface area contributed by atoms with Gasteiger partial charge >= 0.3 is 0 Å². The first-order valence-corrected chi connectivity index (χ1v) is 8.93. The van der Waals surface area contributed by atoms with Crippen molar-refractivity contribution in [3.05, 3.63) is 35.6 Å². The summed E-state index contributed by atoms with van der Waals surface area (Å²) >= 11 is 0. The van der Waals surface area contributed by atoms with Crippen LogP contribution in [0.3, 0.4) is 0 Å². The minimum Gasteiger partial charge on any atom is -0.368 e. The van der Waals surface area contributed by atoms with Crippen molar-refractivity contribution in [2.45, 2.75) is 45.7 Å². The summed E-state index contributed by atoms with van der Waals surface area (Å²) in [7, 11) is 0. The molecule has 3 atom stereocenters. The Morgan fingerprint density at radius 3 is 2.48 bits per heavy atom. The summed E-state index contributed by atoms with van der Waals surface area (Å²) in [5.74, 6) is -0.429. The van der Waals surface area contributed by atoms with Crippen LogP contribution in [0, 0.1) is 17.7 Å². The lowest BCUT2D eigenvalue weighted by Gasteiger charge is -2.40. The van der Waals surface area contributed by atoms with Crippen molar-refractivity contribution in [1.29, 1.82) is 0 Å². The van der Waals surface area contributed by atoms with Gasteiger partial charge in [-0.25, -0.2) is 4.39 Å². The van der Waals surface area contributed by atoms with Gasteiger partial charge in [0.1, 0.15) is 11.9 Å². The maximum Gasteiger partial charge on any atom is 0.239 e. The van der Waals surface area contributed by atoms with Crippen molar-refractivity contribution in [3.63, 3.8) is 0 Å². The van der Waals surface area contributed by atoms with Crippen molar-refractivity contribution < 1.29 is 14.0 Å². The number of amides is 2. The summed E-state index contributed by atoms with van der Waals surface area (Å²) in [6.07, 6.45) is 1.66. The lowest BCUT2D eigenvalue weighted by atomic mass is 9.88. The lowest BCUT2D eigenvalue weighted by Crippen LogP contribution is -2.53. The molecule has 1 fully saturated rings. The molecule has 0 spiro atoms. The first-order valence-electron chi connectivity index (χ1n) is 8.93. The van der Waals surface area contributed by atoms with Crippen molar-refractivity contribution in [2.75, 3.05) is 13.1 Å². The second-order valence-electron chi connectivity index (χ2n) is 7.06. The SMILES string of the molecule is CC[C@@H]1CN(C(=O)C(C)C)CC[C@@H]1N[C@@H](C(N)=O)c1ccc(F)cc1. The van der Waals surface area contributed by atoms with Crippen molar-refractivity contribution in [1.82, 2.24) is 10.2 Å². The number of hydrogen-bond donors (Lipinski definition) is 2. The third kappa shape index (κ3) is 4.78. The summed E-state index contributed by atoms with van der Waals surface area (Å²) < 4.78 is 13.1. The summed E-state index contributed by atoms with van der Waals surface area (Å²) in [5.41, 5.74) is 6.22. The quantitative estimate of drug-likeness (QED) is 0.827. The molecule has 1 heterocycles. The van der Waals surface area contributed by atoms with Crippen molar-refractivity contribution in [2.24, 2.45) is 17.6 Å². The van der Waals surface area contributed by atoms with E-state index >= 15 is 0 Å². The molecule has 1 aliphatic heterocycles. The Hall–Kier alpha value is -1.95. The van der Waals surface area contributed by atoms with Gasteiger partial charge in [0.15, 0.2) is 0 Å². The molecule has 0 saturated carbocycles. The largest absolute Gasteiger partial charge is 0.368 e. The molecule has 1 aromatic carbocycles. The Morgan fingerprint density at radius 2 is 1.96 bits per heavy atom. The first kappa shape index (κ1) is 19.4. The van der Waals surface area contributed by atoms with Crippen LogP contribution < -0.4 is 11.1 Å². The molecule has 0 bridgehead atoms. The molecule has 25 heavy (non-hydrogen) atoms. The van der Waals surface area contributed by atoms with E-state index in [1.807, 2.05) is 18.7 Å². The zero-order valence-electron chi connectivity index (χ0n) is 15.2. The highest BCUT2D eigenvalue weighted by Gasteiger charge is 2.33. The van der Waals surface area contributed by atoms with Gasteiger partial charge in [-0.05, 0) is 30.0 Å². The standard InChI is InChI=1S/C19H28FN3O2/c1-4-13-11-23(19(25)12(2)3)10-9-16(13)22-17(18(21)24)14-5-7-15(20)8-6-14/h5-8,12-13,16-17,22H,4,9-11H2,1-3H3,(H2,21,24)/t13-,16+,17-/m1/s1. The van der Waals surface area contributed by atoms with Gasteiger partial charge < -0.3 is 10.6 Å². The van der Waals surface area contributed by atoms with Crippen LogP contribution in [-0.2, 0) is 9.59 Å². The first-order chi connectivity index (χ1) is 11.8. The van der Waals surface area contributed by atoms with Crippen LogP contribution >= 0.6 is 0 Å². The maximum atomic E-state index is 13.1. The molecule has 0 aromatic heterocycles. The number of benzene rings is 1. The molecule has 0 radical (unpaired) electrons. The predicted octanol–water partition coefficient (Wildman–Crippen LogP) is 2.22. The van der Waals surface area contributed by atoms with Gasteiger partial charge in [-0.3, -0.25) is 14.9 Å². The molecular formula is C19H28FN3O2. The molecule has 1 aliphatic rings. The number of likely N-dealkylation sites (tertiary alicyclic amines) is 1. The fourth-order valence-corrected chi connectivity index (χ4v) is 3.44. The van der Waals surface area contributed by atoms with Gasteiger partial charge in [0, 0.05) is 25.0 Å². The van der Waals surface area contributed by atoms with E-state index in [0.29, 0.717) is 18.7 Å². The molecule has 5 nitrogen and oxygen atoms in total. The Bertz CT molecular complexity index is 603. The van der Waals surface area contributed by atoms with Crippen LogP contribution in [0.15, 0.2) is 24.3 Å². The van der Waals surface area contributed by atoms with E-state index in [1.165, 1.54) is 12.1 Å². The Kier molecular flexibility index (Phi) is 6.53. The number of carbonyl (C=O) groups excluding carboxylic acids is 2. The van der Waals surface area contributed by atoms with E-state index in [0.717, 1.165) is 12.8 Å². The van der Waals surface area contributed by atoms with Crippen LogP contribution in [0.5, 0.6) is 0 Å². The highest BCUT2D eigenvalue weighted by Crippen LogP contribution is 2.25. The summed E-state index contributed by atoms with van der Waals surface area (Å²) in [5, 5.41) is 3.35. The smallest absolute Gasteiger partial charge is 0.239 e. The monoisotopic (exact) mass is 349 g/mol. The number of hydrogen-bond acceptors (Lipinski definition) is 3. The predicted molar refractivity (Wildman–Crippen MR) is 95.1 cm³/mol. The number of nitrogens with two attached hydrogens (primary N) is 1. The van der Waals surface area contributed by atoms with Crippen LogP contribution in [0.2, 0.25) is 0 Å². The van der Waals surface area contributed by atoms with Crippen molar-refractivity contribution >= 4 is 11.8 Å². The molecule has 2 amide bonds. The van der Waals surface area contributed by atoms with Crippen LogP contribution in [0.4, 0.5) is 4.39 Å². The van der Waals surface area contributed by atoms with Gasteiger partial charge in [-0.2, -0.15) is 0 Å². The summed E-state index contributed by atoms with van der Waals surface area (Å²) in [4.78, 5) is 26.1. The molecule has 6 heteroatoms. The molecule has 1 aromatic rings. The molecular weight excluding hydrogens is 321 g/mol. The Morgan fingerprint density at radius 1 is 1.32 bits per heavy atom.